The van der Waals surface area contributed by atoms with Crippen LogP contribution >= 0.6 is 0 Å². The van der Waals surface area contributed by atoms with Crippen molar-refractivity contribution in [3.05, 3.63) is 95.2 Å². The number of benzene rings is 3. The Bertz CT molecular complexity index is 1240. The molecule has 5 heteroatoms. The molecule has 1 aliphatic heterocycles. The van der Waals surface area contributed by atoms with Gasteiger partial charge in [-0.15, -0.1) is 0 Å². The summed E-state index contributed by atoms with van der Waals surface area (Å²) in [6.07, 6.45) is 0. The lowest BCUT2D eigenvalue weighted by atomic mass is 9.88. The van der Waals surface area contributed by atoms with E-state index in [9.17, 15) is 9.59 Å². The molecule has 5 nitrogen and oxygen atoms in total. The maximum absolute atomic E-state index is 13.1. The number of rotatable bonds is 4. The lowest BCUT2D eigenvalue weighted by Gasteiger charge is -2.26. The maximum atomic E-state index is 13.1. The zero-order valence-corrected chi connectivity index (χ0v) is 16.3. The Morgan fingerprint density at radius 1 is 0.900 bits per heavy atom. The number of nitrogens with one attached hydrogen (secondary N) is 1. The van der Waals surface area contributed by atoms with Crippen molar-refractivity contribution in [1.82, 2.24) is 4.98 Å². The average Bonchev–Trinajstić information content (AvgIpc) is 3.11. The first-order valence-electron chi connectivity index (χ1n) is 9.76. The van der Waals surface area contributed by atoms with Gasteiger partial charge in [0.1, 0.15) is 17.4 Å². The third-order valence-corrected chi connectivity index (χ3v) is 5.43. The van der Waals surface area contributed by atoms with Crippen LogP contribution in [0.2, 0.25) is 0 Å². The molecule has 0 amide bonds. The first kappa shape index (κ1) is 18.2. The Kier molecular flexibility index (Phi) is 4.36. The molecule has 0 radical (unpaired) electrons. The van der Waals surface area contributed by atoms with Gasteiger partial charge >= 0.3 is 5.97 Å². The summed E-state index contributed by atoms with van der Waals surface area (Å²) in [5.41, 5.74) is 3.68. The fraction of sp³-hybridized carbons (Fsp3) is 0.120. The van der Waals surface area contributed by atoms with Crippen molar-refractivity contribution in [3.8, 4) is 11.5 Å². The molecule has 0 spiro atoms. The molecule has 0 aliphatic carbocycles. The summed E-state index contributed by atoms with van der Waals surface area (Å²) in [7, 11) is 0. The smallest absolute Gasteiger partial charge is 0.318 e. The Morgan fingerprint density at radius 3 is 2.20 bits per heavy atom. The molecule has 0 unspecified atom stereocenters. The van der Waals surface area contributed by atoms with Crippen LogP contribution in [0.5, 0.6) is 11.5 Å². The van der Waals surface area contributed by atoms with Gasteiger partial charge in [0.05, 0.1) is 0 Å². The van der Waals surface area contributed by atoms with Crippen LogP contribution in [0.1, 0.15) is 33.1 Å². The molecule has 1 aromatic heterocycles. The maximum Gasteiger partial charge on any atom is 0.318 e. The Labute approximate surface area is 173 Å². The molecule has 3 aromatic carbocycles. The number of para-hydroxylation sites is 3. The van der Waals surface area contributed by atoms with Gasteiger partial charge in [-0.25, -0.2) is 0 Å². The molecule has 0 atom stereocenters. The Hall–Kier alpha value is -3.86. The number of fused-ring (bicyclic) bond motifs is 3. The van der Waals surface area contributed by atoms with Gasteiger partial charge in [-0.2, -0.15) is 0 Å². The van der Waals surface area contributed by atoms with Crippen molar-refractivity contribution in [1.29, 1.82) is 0 Å². The number of hydrogen-bond donors (Lipinski definition) is 1. The molecule has 4 aromatic rings. The number of aromatic nitrogens is 1. The summed E-state index contributed by atoms with van der Waals surface area (Å²) >= 11 is 0. The Balaban J connectivity index is 1.42. The van der Waals surface area contributed by atoms with E-state index in [4.69, 9.17) is 9.47 Å². The van der Waals surface area contributed by atoms with Crippen LogP contribution in [0.15, 0.2) is 72.8 Å². The number of H-pyrrole nitrogens is 1. The van der Waals surface area contributed by atoms with Crippen LogP contribution in [-0.2, 0) is 9.53 Å². The largest absolute Gasteiger partial charge is 0.457 e. The highest BCUT2D eigenvalue weighted by Crippen LogP contribution is 2.44. The summed E-state index contributed by atoms with van der Waals surface area (Å²) in [6.45, 7) is 1.53. The molecule has 0 saturated heterocycles. The number of esters is 1. The van der Waals surface area contributed by atoms with Gasteiger partial charge in [0, 0.05) is 33.3 Å². The molecule has 0 saturated carbocycles. The average molecular weight is 397 g/mol. The highest BCUT2D eigenvalue weighted by atomic mass is 16.5. The third-order valence-electron chi connectivity index (χ3n) is 5.43. The first-order chi connectivity index (χ1) is 14.6. The van der Waals surface area contributed by atoms with Gasteiger partial charge in [0.15, 0.2) is 6.61 Å². The highest BCUT2D eigenvalue weighted by Gasteiger charge is 2.34. The van der Waals surface area contributed by atoms with Crippen molar-refractivity contribution in [2.45, 2.75) is 12.8 Å². The highest BCUT2D eigenvalue weighted by molar-refractivity contribution is 6.10. The van der Waals surface area contributed by atoms with Gasteiger partial charge in [-0.1, -0.05) is 54.6 Å². The van der Waals surface area contributed by atoms with Gasteiger partial charge in [0.25, 0.3) is 0 Å². The summed E-state index contributed by atoms with van der Waals surface area (Å²) in [4.78, 5) is 29.2. The minimum Gasteiger partial charge on any atom is -0.457 e. The molecule has 0 bridgehead atoms. The predicted octanol–water partition coefficient (Wildman–Crippen LogP) is 5.14. The van der Waals surface area contributed by atoms with Crippen LogP contribution < -0.4 is 4.74 Å². The molecule has 30 heavy (non-hydrogen) atoms. The van der Waals surface area contributed by atoms with E-state index < -0.39 is 11.9 Å². The van der Waals surface area contributed by atoms with E-state index in [1.807, 2.05) is 79.7 Å². The second kappa shape index (κ2) is 7.19. The molecule has 1 aliphatic rings. The van der Waals surface area contributed by atoms with Crippen molar-refractivity contribution in [2.24, 2.45) is 0 Å². The zero-order valence-electron chi connectivity index (χ0n) is 16.3. The second-order valence-corrected chi connectivity index (χ2v) is 7.31. The van der Waals surface area contributed by atoms with E-state index in [1.54, 1.807) is 0 Å². The summed E-state index contributed by atoms with van der Waals surface area (Å²) in [5, 5.41) is 0.831. The molecule has 1 N–H and O–H groups in total. The summed E-state index contributed by atoms with van der Waals surface area (Å²) in [5.74, 6) is -0.0899. The minimum atomic E-state index is -0.636. The molecule has 148 valence electrons. The molecule has 5 rings (SSSR count). The van der Waals surface area contributed by atoms with E-state index in [0.29, 0.717) is 17.1 Å². The van der Waals surface area contributed by atoms with Crippen LogP contribution in [0, 0.1) is 6.92 Å². The second-order valence-electron chi connectivity index (χ2n) is 7.31. The molecular weight excluding hydrogens is 378 g/mol. The third kappa shape index (κ3) is 2.95. The van der Waals surface area contributed by atoms with Crippen LogP contribution in [0.3, 0.4) is 0 Å². The zero-order chi connectivity index (χ0) is 20.7. The van der Waals surface area contributed by atoms with E-state index >= 15 is 0 Å². The van der Waals surface area contributed by atoms with Crippen molar-refractivity contribution < 1.29 is 19.1 Å². The number of ketones is 1. The normalized spacial score (nSPS) is 12.7. The standard InChI is InChI=1S/C25H19NO4/c1-15-23(16-8-2-5-11-19(16)26-15)20(27)14-29-25(28)24-17-9-3-6-12-21(17)30-22-13-7-4-10-18(22)24/h2-13,24,26H,14H2,1H3. The summed E-state index contributed by atoms with van der Waals surface area (Å²) in [6, 6.07) is 22.4. The first-order valence-corrected chi connectivity index (χ1v) is 9.76. The number of ether oxygens (including phenoxy) is 2. The number of carbonyl (C=O) groups is 2. The van der Waals surface area contributed by atoms with Crippen molar-refractivity contribution in [2.75, 3.05) is 6.61 Å². The molecule has 0 fully saturated rings. The number of aromatic amines is 1. The van der Waals surface area contributed by atoms with Crippen molar-refractivity contribution >= 4 is 22.7 Å². The molecular formula is C25H19NO4. The monoisotopic (exact) mass is 397 g/mol. The van der Waals surface area contributed by atoms with Gasteiger partial charge < -0.3 is 14.5 Å². The molecule has 2 heterocycles. The number of Topliss-reactive ketones (excluding diaryl/α,β-unsaturated/α-hetero) is 1. The van der Waals surface area contributed by atoms with Gasteiger partial charge in [0.2, 0.25) is 5.78 Å². The van der Waals surface area contributed by atoms with Crippen LogP contribution in [0.4, 0.5) is 0 Å². The van der Waals surface area contributed by atoms with Crippen LogP contribution in [-0.4, -0.2) is 23.3 Å². The fourth-order valence-corrected chi connectivity index (χ4v) is 4.09. The van der Waals surface area contributed by atoms with E-state index in [1.165, 1.54) is 0 Å². The topological polar surface area (TPSA) is 68.4 Å². The van der Waals surface area contributed by atoms with Crippen molar-refractivity contribution in [3.63, 3.8) is 0 Å². The number of hydrogen-bond acceptors (Lipinski definition) is 4. The SMILES string of the molecule is Cc1[nH]c2ccccc2c1C(=O)COC(=O)C1c2ccccc2Oc2ccccc21. The minimum absolute atomic E-state index is 0.230. The van der Waals surface area contributed by atoms with E-state index in [2.05, 4.69) is 4.98 Å². The quantitative estimate of drug-likeness (QED) is 0.382. The van der Waals surface area contributed by atoms with Gasteiger partial charge in [-0.3, -0.25) is 9.59 Å². The van der Waals surface area contributed by atoms with Gasteiger partial charge in [-0.05, 0) is 25.1 Å². The number of carbonyl (C=O) groups excluding carboxylic acids is 2. The number of aryl methyl sites for hydroxylation is 1. The van der Waals surface area contributed by atoms with E-state index in [0.717, 1.165) is 27.7 Å². The lowest BCUT2D eigenvalue weighted by Crippen LogP contribution is -2.23. The van der Waals surface area contributed by atoms with Crippen LogP contribution in [0.25, 0.3) is 10.9 Å². The summed E-state index contributed by atoms with van der Waals surface area (Å²) < 4.78 is 11.5. The van der Waals surface area contributed by atoms with E-state index in [-0.39, 0.29) is 12.4 Å². The Morgan fingerprint density at radius 2 is 1.50 bits per heavy atom. The predicted molar refractivity (Wildman–Crippen MR) is 113 cm³/mol. The fourth-order valence-electron chi connectivity index (χ4n) is 4.09. The lowest BCUT2D eigenvalue weighted by molar-refractivity contribution is -0.143.